The molecule has 0 amide bonds. The summed E-state index contributed by atoms with van der Waals surface area (Å²) in [6.45, 7) is 0. The summed E-state index contributed by atoms with van der Waals surface area (Å²) in [5, 5.41) is 0.255. The van der Waals surface area contributed by atoms with E-state index < -0.39 is 0 Å². The Labute approximate surface area is 81.3 Å². The highest BCUT2D eigenvalue weighted by atomic mass is 35.5. The van der Waals surface area contributed by atoms with Gasteiger partial charge in [0.2, 0.25) is 0 Å². The van der Waals surface area contributed by atoms with Crippen LogP contribution in [0.25, 0.3) is 0 Å². The normalized spacial score (nSPS) is 10.7. The monoisotopic (exact) mass is 199 g/mol. The largest absolute Gasteiger partial charge is 0.382 e. The van der Waals surface area contributed by atoms with Crippen molar-refractivity contribution in [2.75, 3.05) is 19.8 Å². The maximum atomic E-state index is 5.75. The molecule has 1 aromatic heterocycles. The Morgan fingerprint density at radius 1 is 1.54 bits per heavy atom. The molecule has 0 aliphatic carbocycles. The Hall–Kier alpha value is -1.36. The van der Waals surface area contributed by atoms with Gasteiger partial charge in [0.15, 0.2) is 11.0 Å². The number of nitrogens with two attached hydrogens (primary N) is 1. The number of hydrogen-bond acceptors (Lipinski definition) is 4. The number of hydrogen-bond donors (Lipinski definition) is 1. The average molecular weight is 200 g/mol. The number of halogens is 1. The van der Waals surface area contributed by atoms with Crippen LogP contribution >= 0.6 is 11.6 Å². The summed E-state index contributed by atoms with van der Waals surface area (Å²) in [6, 6.07) is 0. The maximum absolute atomic E-state index is 5.75. The first-order chi connectivity index (χ1) is 6.11. The van der Waals surface area contributed by atoms with E-state index >= 15 is 0 Å². The van der Waals surface area contributed by atoms with Gasteiger partial charge < -0.3 is 10.6 Å². The summed E-state index contributed by atoms with van der Waals surface area (Å²) in [5.74, 6) is 0.276. The van der Waals surface area contributed by atoms with Crippen LogP contribution in [-0.2, 0) is 0 Å². The molecule has 1 aromatic rings. The van der Waals surface area contributed by atoms with Crippen molar-refractivity contribution in [1.29, 1.82) is 0 Å². The molecule has 0 bridgehead atoms. The summed E-state index contributed by atoms with van der Waals surface area (Å²) in [5.41, 5.74) is 5.94. The molecular weight excluding hydrogens is 190 g/mol. The van der Waals surface area contributed by atoms with Crippen LogP contribution in [0, 0.1) is 0 Å². The highest BCUT2D eigenvalue weighted by molar-refractivity contribution is 6.32. The lowest BCUT2D eigenvalue weighted by Crippen LogP contribution is -2.07. The second-order valence-electron chi connectivity index (χ2n) is 2.61. The van der Waals surface area contributed by atoms with Gasteiger partial charge in [-0.25, -0.2) is 15.0 Å². The summed E-state index contributed by atoms with van der Waals surface area (Å²) >= 11 is 5.75. The van der Waals surface area contributed by atoms with Crippen molar-refractivity contribution in [3.8, 4) is 0 Å². The van der Waals surface area contributed by atoms with Crippen molar-refractivity contribution in [2.45, 2.75) is 0 Å². The van der Waals surface area contributed by atoms with Crippen LogP contribution in [0.5, 0.6) is 0 Å². The van der Waals surface area contributed by atoms with E-state index in [-0.39, 0.29) is 11.0 Å². The molecule has 1 heterocycles. The fourth-order valence-corrected chi connectivity index (χ4v) is 0.852. The predicted molar refractivity (Wildman–Crippen MR) is 53.3 cm³/mol. The Kier molecular flexibility index (Phi) is 3.02. The van der Waals surface area contributed by atoms with Gasteiger partial charge in [-0.15, -0.1) is 0 Å². The molecule has 0 atom stereocenters. The van der Waals surface area contributed by atoms with Crippen LogP contribution in [-0.4, -0.2) is 35.3 Å². The fourth-order valence-electron chi connectivity index (χ4n) is 0.662. The second kappa shape index (κ2) is 4.04. The van der Waals surface area contributed by atoms with Gasteiger partial charge in [0.05, 0.1) is 6.34 Å². The molecule has 2 N–H and O–H groups in total. The van der Waals surface area contributed by atoms with Gasteiger partial charge in [0.25, 0.3) is 0 Å². The van der Waals surface area contributed by atoms with Gasteiger partial charge in [-0.05, 0) is 0 Å². The van der Waals surface area contributed by atoms with Gasteiger partial charge in [-0.2, -0.15) is 0 Å². The Morgan fingerprint density at radius 2 is 2.23 bits per heavy atom. The smallest absolute Gasteiger partial charge is 0.160 e. The van der Waals surface area contributed by atoms with E-state index in [0.29, 0.717) is 5.69 Å². The van der Waals surface area contributed by atoms with Crippen molar-refractivity contribution in [3.05, 3.63) is 11.5 Å². The lowest BCUT2D eigenvalue weighted by Gasteiger charge is -2.03. The number of aromatic nitrogens is 2. The second-order valence-corrected chi connectivity index (χ2v) is 2.96. The average Bonchev–Trinajstić information content (AvgIpc) is 2.03. The molecule has 0 saturated carbocycles. The van der Waals surface area contributed by atoms with E-state index in [0.717, 1.165) is 0 Å². The molecule has 0 aromatic carbocycles. The molecule has 0 unspecified atom stereocenters. The Bertz CT molecular complexity index is 302. The quantitative estimate of drug-likeness (QED) is 0.437. The minimum absolute atomic E-state index is 0.255. The van der Waals surface area contributed by atoms with Gasteiger partial charge in [-0.3, -0.25) is 0 Å². The molecule has 0 saturated heterocycles. The number of rotatable bonds is 2. The van der Waals surface area contributed by atoms with Crippen LogP contribution in [0.2, 0.25) is 5.15 Å². The van der Waals surface area contributed by atoms with Crippen molar-refractivity contribution in [3.63, 3.8) is 0 Å². The van der Waals surface area contributed by atoms with Crippen molar-refractivity contribution in [2.24, 2.45) is 4.99 Å². The molecule has 0 spiro atoms. The lowest BCUT2D eigenvalue weighted by molar-refractivity contribution is 0.643. The first-order valence-corrected chi connectivity index (χ1v) is 3.95. The van der Waals surface area contributed by atoms with Crippen molar-refractivity contribution < 1.29 is 0 Å². The first-order valence-electron chi connectivity index (χ1n) is 3.58. The highest BCUT2D eigenvalue weighted by Crippen LogP contribution is 2.26. The van der Waals surface area contributed by atoms with E-state index in [1.807, 2.05) is 14.1 Å². The third-order valence-corrected chi connectivity index (χ3v) is 1.50. The summed E-state index contributed by atoms with van der Waals surface area (Å²) in [4.78, 5) is 13.3. The van der Waals surface area contributed by atoms with Crippen molar-refractivity contribution in [1.82, 2.24) is 14.9 Å². The van der Waals surface area contributed by atoms with E-state index in [9.17, 15) is 0 Å². The highest BCUT2D eigenvalue weighted by Gasteiger charge is 2.03. The molecule has 0 radical (unpaired) electrons. The zero-order valence-corrected chi connectivity index (χ0v) is 8.15. The standard InChI is InChI=1S/C7H10ClN5/c1-13(2)4-12-5-6(8)10-3-11-7(5)9/h3-4H,1-2H3,(H2,9,10,11). The first kappa shape index (κ1) is 9.73. The number of nitrogens with zero attached hydrogens (tertiary/aromatic N) is 4. The topological polar surface area (TPSA) is 67.4 Å². The summed E-state index contributed by atoms with van der Waals surface area (Å²) in [6.07, 6.45) is 2.88. The van der Waals surface area contributed by atoms with Crippen LogP contribution in [0.1, 0.15) is 0 Å². The third kappa shape index (κ3) is 2.55. The molecule has 1 rings (SSSR count). The van der Waals surface area contributed by atoms with Gasteiger partial charge in [0, 0.05) is 14.1 Å². The molecular formula is C7H10ClN5. The van der Waals surface area contributed by atoms with Crippen LogP contribution in [0.4, 0.5) is 11.5 Å². The van der Waals surface area contributed by atoms with Gasteiger partial charge in [0.1, 0.15) is 12.0 Å². The Balaban J connectivity index is 3.00. The lowest BCUT2D eigenvalue weighted by atomic mass is 10.5. The fraction of sp³-hybridized carbons (Fsp3) is 0.286. The minimum Gasteiger partial charge on any atom is -0.382 e. The SMILES string of the molecule is CN(C)C=Nc1c(N)ncnc1Cl. The predicted octanol–water partition coefficient (Wildman–Crippen LogP) is 0.934. The molecule has 0 aliphatic heterocycles. The Morgan fingerprint density at radius 3 is 2.77 bits per heavy atom. The molecule has 70 valence electrons. The molecule has 5 nitrogen and oxygen atoms in total. The van der Waals surface area contributed by atoms with E-state index in [4.69, 9.17) is 17.3 Å². The van der Waals surface area contributed by atoms with E-state index in [1.54, 1.807) is 11.2 Å². The number of aliphatic imine (C=N–C) groups is 1. The minimum atomic E-state index is 0.255. The molecule has 0 fully saturated rings. The molecule has 0 aliphatic rings. The molecule has 6 heteroatoms. The van der Waals surface area contributed by atoms with E-state index in [1.165, 1.54) is 6.33 Å². The maximum Gasteiger partial charge on any atom is 0.160 e. The van der Waals surface area contributed by atoms with E-state index in [2.05, 4.69) is 15.0 Å². The molecule has 13 heavy (non-hydrogen) atoms. The summed E-state index contributed by atoms with van der Waals surface area (Å²) < 4.78 is 0. The summed E-state index contributed by atoms with van der Waals surface area (Å²) in [7, 11) is 3.69. The number of anilines is 1. The zero-order valence-electron chi connectivity index (χ0n) is 7.40. The van der Waals surface area contributed by atoms with Crippen LogP contribution in [0.15, 0.2) is 11.3 Å². The number of nitrogen functional groups attached to an aromatic ring is 1. The van der Waals surface area contributed by atoms with Gasteiger partial charge in [-0.1, -0.05) is 11.6 Å². The van der Waals surface area contributed by atoms with Gasteiger partial charge >= 0.3 is 0 Å². The zero-order chi connectivity index (χ0) is 9.84. The van der Waals surface area contributed by atoms with Crippen molar-refractivity contribution >= 4 is 29.4 Å². The van der Waals surface area contributed by atoms with Crippen LogP contribution < -0.4 is 5.73 Å². The van der Waals surface area contributed by atoms with Crippen LogP contribution in [0.3, 0.4) is 0 Å². The third-order valence-electron chi connectivity index (χ3n) is 1.22.